The Morgan fingerprint density at radius 3 is 2.57 bits per heavy atom. The number of nitrogens with zero attached hydrogens (tertiary/aromatic N) is 3. The van der Waals surface area contributed by atoms with Gasteiger partial charge in [0.05, 0.1) is 17.1 Å². The molecule has 0 atom stereocenters. The number of benzene rings is 1. The van der Waals surface area contributed by atoms with Gasteiger partial charge in [-0.1, -0.05) is 46.3 Å². The zero-order valence-electron chi connectivity index (χ0n) is 12.4. The Bertz CT molecular complexity index is 893. The number of aromatic nitrogens is 3. The molecular weight excluding hydrogens is 350 g/mol. The molecular formula is C19H14BrN3. The third-order valence-electron chi connectivity index (χ3n) is 3.82. The van der Waals surface area contributed by atoms with Gasteiger partial charge in [-0.25, -0.2) is 4.68 Å². The van der Waals surface area contributed by atoms with E-state index in [0.717, 1.165) is 29.1 Å². The van der Waals surface area contributed by atoms with Gasteiger partial charge < -0.3 is 0 Å². The van der Waals surface area contributed by atoms with Crippen molar-refractivity contribution in [2.45, 2.75) is 6.42 Å². The van der Waals surface area contributed by atoms with Gasteiger partial charge in [-0.05, 0) is 40.4 Å². The SMILES string of the molecule is BrC1=CC=C(c2cc(-c3cccnc3)nn2-c2ccccc2)C1. The van der Waals surface area contributed by atoms with Crippen molar-refractivity contribution < 1.29 is 0 Å². The van der Waals surface area contributed by atoms with Crippen LogP contribution in [0.1, 0.15) is 12.1 Å². The van der Waals surface area contributed by atoms with Crippen LogP contribution in [0.4, 0.5) is 0 Å². The Labute approximate surface area is 143 Å². The molecule has 1 aromatic carbocycles. The maximum absolute atomic E-state index is 4.82. The zero-order valence-corrected chi connectivity index (χ0v) is 13.9. The monoisotopic (exact) mass is 363 g/mol. The van der Waals surface area contributed by atoms with Crippen LogP contribution < -0.4 is 0 Å². The van der Waals surface area contributed by atoms with Gasteiger partial charge >= 0.3 is 0 Å². The molecule has 4 heteroatoms. The van der Waals surface area contributed by atoms with Gasteiger partial charge in [0.2, 0.25) is 0 Å². The predicted octanol–water partition coefficient (Wildman–Crippen LogP) is 5.00. The highest BCUT2D eigenvalue weighted by atomic mass is 79.9. The summed E-state index contributed by atoms with van der Waals surface area (Å²) >= 11 is 3.58. The molecule has 0 N–H and O–H groups in total. The van der Waals surface area contributed by atoms with Gasteiger partial charge in [0, 0.05) is 24.4 Å². The van der Waals surface area contributed by atoms with E-state index < -0.39 is 0 Å². The lowest BCUT2D eigenvalue weighted by Gasteiger charge is -2.08. The fourth-order valence-electron chi connectivity index (χ4n) is 2.70. The van der Waals surface area contributed by atoms with Crippen LogP contribution >= 0.6 is 15.9 Å². The van der Waals surface area contributed by atoms with Crippen LogP contribution in [0.2, 0.25) is 0 Å². The van der Waals surface area contributed by atoms with Gasteiger partial charge in [0.15, 0.2) is 0 Å². The molecule has 3 aromatic rings. The normalized spacial score (nSPS) is 13.8. The first-order valence-corrected chi connectivity index (χ1v) is 8.22. The summed E-state index contributed by atoms with van der Waals surface area (Å²) in [5.41, 5.74) is 5.38. The third-order valence-corrected chi connectivity index (χ3v) is 4.37. The largest absolute Gasteiger partial charge is 0.264 e. The molecule has 4 rings (SSSR count). The van der Waals surface area contributed by atoms with Crippen molar-refractivity contribution in [3.8, 4) is 16.9 Å². The second-order valence-electron chi connectivity index (χ2n) is 5.39. The summed E-state index contributed by atoms with van der Waals surface area (Å²) < 4.78 is 3.20. The molecule has 1 aliphatic carbocycles. The number of hydrogen-bond acceptors (Lipinski definition) is 2. The standard InChI is InChI=1S/C19H14BrN3/c20-16-9-8-14(11-16)19-12-18(15-5-4-10-21-13-15)22-23(19)17-6-2-1-3-7-17/h1-10,12-13H,11H2. The van der Waals surface area contributed by atoms with Crippen molar-refractivity contribution in [1.82, 2.24) is 14.8 Å². The first-order chi connectivity index (χ1) is 11.3. The van der Waals surface area contributed by atoms with Crippen LogP contribution in [0.25, 0.3) is 22.5 Å². The van der Waals surface area contributed by atoms with E-state index in [1.54, 1.807) is 6.20 Å². The second-order valence-corrected chi connectivity index (χ2v) is 6.40. The van der Waals surface area contributed by atoms with Crippen molar-refractivity contribution in [2.75, 3.05) is 0 Å². The van der Waals surface area contributed by atoms with E-state index in [9.17, 15) is 0 Å². The molecule has 0 amide bonds. The fraction of sp³-hybridized carbons (Fsp3) is 0.0526. The molecule has 0 unspecified atom stereocenters. The van der Waals surface area contributed by atoms with E-state index in [1.165, 1.54) is 10.1 Å². The van der Waals surface area contributed by atoms with Crippen LogP contribution in [-0.4, -0.2) is 14.8 Å². The van der Waals surface area contributed by atoms with Crippen molar-refractivity contribution in [3.05, 3.63) is 83.3 Å². The lowest BCUT2D eigenvalue weighted by Crippen LogP contribution is -2.01. The molecule has 112 valence electrons. The quantitative estimate of drug-likeness (QED) is 0.655. The maximum Gasteiger partial charge on any atom is 0.0949 e. The summed E-state index contributed by atoms with van der Waals surface area (Å²) in [5, 5.41) is 4.82. The Balaban J connectivity index is 1.85. The van der Waals surface area contributed by atoms with Gasteiger partial charge in [0.1, 0.15) is 0 Å². The summed E-state index contributed by atoms with van der Waals surface area (Å²) in [6, 6.07) is 16.3. The zero-order chi connectivity index (χ0) is 15.6. The molecule has 2 aromatic heterocycles. The van der Waals surface area contributed by atoms with Gasteiger partial charge in [0.25, 0.3) is 0 Å². The van der Waals surface area contributed by atoms with E-state index in [4.69, 9.17) is 5.10 Å². The molecule has 0 aliphatic heterocycles. The minimum atomic E-state index is 0.894. The van der Waals surface area contributed by atoms with E-state index >= 15 is 0 Å². The van der Waals surface area contributed by atoms with Crippen LogP contribution in [0, 0.1) is 0 Å². The van der Waals surface area contributed by atoms with E-state index in [1.807, 2.05) is 41.2 Å². The Hall–Kier alpha value is -2.46. The molecule has 0 radical (unpaired) electrons. The molecule has 3 nitrogen and oxygen atoms in total. The maximum atomic E-state index is 4.82. The van der Waals surface area contributed by atoms with Crippen LogP contribution in [0.3, 0.4) is 0 Å². The highest BCUT2D eigenvalue weighted by Crippen LogP contribution is 2.34. The summed E-state index contributed by atoms with van der Waals surface area (Å²) in [4.78, 5) is 4.20. The van der Waals surface area contributed by atoms with Crippen LogP contribution in [0.5, 0.6) is 0 Å². The Kier molecular flexibility index (Phi) is 3.67. The Morgan fingerprint density at radius 2 is 1.87 bits per heavy atom. The predicted molar refractivity (Wildman–Crippen MR) is 96.4 cm³/mol. The molecule has 2 heterocycles. The number of allylic oxidation sites excluding steroid dienone is 4. The first-order valence-electron chi connectivity index (χ1n) is 7.43. The summed E-state index contributed by atoms with van der Waals surface area (Å²) in [5.74, 6) is 0. The van der Waals surface area contributed by atoms with E-state index in [-0.39, 0.29) is 0 Å². The molecule has 0 spiro atoms. The number of hydrogen-bond donors (Lipinski definition) is 0. The first kappa shape index (κ1) is 14.2. The van der Waals surface area contributed by atoms with Crippen molar-refractivity contribution in [1.29, 1.82) is 0 Å². The number of rotatable bonds is 3. The average Bonchev–Trinajstić information content (AvgIpc) is 3.23. The fourth-order valence-corrected chi connectivity index (χ4v) is 3.13. The van der Waals surface area contributed by atoms with Gasteiger partial charge in [-0.3, -0.25) is 4.98 Å². The number of pyridine rings is 1. The minimum Gasteiger partial charge on any atom is -0.264 e. The van der Waals surface area contributed by atoms with E-state index in [2.05, 4.69) is 51.3 Å². The van der Waals surface area contributed by atoms with Crippen LogP contribution in [-0.2, 0) is 0 Å². The van der Waals surface area contributed by atoms with Crippen molar-refractivity contribution >= 4 is 21.5 Å². The third kappa shape index (κ3) is 2.78. The highest BCUT2D eigenvalue weighted by molar-refractivity contribution is 9.11. The van der Waals surface area contributed by atoms with Gasteiger partial charge in [-0.2, -0.15) is 5.10 Å². The average molecular weight is 364 g/mol. The van der Waals surface area contributed by atoms with Crippen LogP contribution in [0.15, 0.2) is 77.6 Å². The molecule has 0 bridgehead atoms. The topological polar surface area (TPSA) is 30.7 Å². The van der Waals surface area contributed by atoms with Crippen molar-refractivity contribution in [3.63, 3.8) is 0 Å². The number of halogens is 1. The highest BCUT2D eigenvalue weighted by Gasteiger charge is 2.17. The lowest BCUT2D eigenvalue weighted by atomic mass is 10.1. The smallest absolute Gasteiger partial charge is 0.0949 e. The van der Waals surface area contributed by atoms with Gasteiger partial charge in [-0.15, -0.1) is 0 Å². The molecule has 23 heavy (non-hydrogen) atoms. The molecule has 0 saturated carbocycles. The lowest BCUT2D eigenvalue weighted by molar-refractivity contribution is 0.867. The summed E-state index contributed by atoms with van der Waals surface area (Å²) in [7, 11) is 0. The van der Waals surface area contributed by atoms with E-state index in [0.29, 0.717) is 0 Å². The number of para-hydroxylation sites is 1. The minimum absolute atomic E-state index is 0.894. The van der Waals surface area contributed by atoms with Crippen molar-refractivity contribution in [2.24, 2.45) is 0 Å². The molecule has 0 fully saturated rings. The summed E-state index contributed by atoms with van der Waals surface area (Å²) in [6.07, 6.45) is 8.76. The Morgan fingerprint density at radius 1 is 1.00 bits per heavy atom. The molecule has 1 aliphatic rings. The molecule has 0 saturated heterocycles. The summed E-state index contributed by atoms with van der Waals surface area (Å²) in [6.45, 7) is 0. The second kappa shape index (κ2) is 5.97.